The van der Waals surface area contributed by atoms with E-state index in [1.165, 1.54) is 6.07 Å². The number of aryl methyl sites for hydroxylation is 1. The van der Waals surface area contributed by atoms with E-state index < -0.39 is 0 Å². The molecular weight excluding hydrogens is 455 g/mol. The fraction of sp³-hybridized carbons (Fsp3) is 0.172. The monoisotopic (exact) mass is 480 g/mol. The molecular formula is C29H25FN4O2. The third-order valence-electron chi connectivity index (χ3n) is 6.20. The van der Waals surface area contributed by atoms with Gasteiger partial charge in [0, 0.05) is 41.7 Å². The van der Waals surface area contributed by atoms with Crippen LogP contribution in [0.1, 0.15) is 58.2 Å². The molecule has 2 atom stereocenters. The van der Waals surface area contributed by atoms with Crippen LogP contribution < -0.4 is 5.32 Å². The van der Waals surface area contributed by atoms with Gasteiger partial charge in [-0.3, -0.25) is 14.8 Å². The first-order valence-electron chi connectivity index (χ1n) is 11.7. The van der Waals surface area contributed by atoms with E-state index in [1.807, 2.05) is 56.3 Å². The molecule has 3 heterocycles. The number of rotatable bonds is 6. The van der Waals surface area contributed by atoms with Gasteiger partial charge in [-0.1, -0.05) is 23.4 Å². The van der Waals surface area contributed by atoms with Gasteiger partial charge in [-0.05, 0) is 79.1 Å². The second kappa shape index (κ2) is 10.1. The number of carbonyl (C=O) groups is 1. The molecule has 6 nitrogen and oxygen atoms in total. The highest BCUT2D eigenvalue weighted by Crippen LogP contribution is 2.32. The van der Waals surface area contributed by atoms with Crippen molar-refractivity contribution in [3.05, 3.63) is 119 Å². The predicted octanol–water partition coefficient (Wildman–Crippen LogP) is 5.95. The van der Waals surface area contributed by atoms with Crippen LogP contribution in [-0.4, -0.2) is 21.6 Å². The van der Waals surface area contributed by atoms with Gasteiger partial charge in [-0.25, -0.2) is 4.39 Å². The lowest BCUT2D eigenvalue weighted by atomic mass is 9.94. The molecule has 0 saturated carbocycles. The summed E-state index contributed by atoms with van der Waals surface area (Å²) in [6, 6.07) is 19.5. The van der Waals surface area contributed by atoms with E-state index in [1.54, 1.807) is 36.8 Å². The summed E-state index contributed by atoms with van der Waals surface area (Å²) in [5, 5.41) is 7.31. The molecule has 0 spiro atoms. The minimum absolute atomic E-state index is 0.232. The predicted molar refractivity (Wildman–Crippen MR) is 136 cm³/mol. The molecule has 0 radical (unpaired) electrons. The summed E-state index contributed by atoms with van der Waals surface area (Å²) in [6.07, 6.45) is 5.26. The highest BCUT2D eigenvalue weighted by molar-refractivity contribution is 6.05. The molecule has 1 amide bonds. The molecule has 7 heteroatoms. The van der Waals surface area contributed by atoms with E-state index in [4.69, 9.17) is 4.84 Å². The number of oxime groups is 1. The lowest BCUT2D eigenvalue weighted by Crippen LogP contribution is -2.27. The first kappa shape index (κ1) is 23.4. The fourth-order valence-corrected chi connectivity index (χ4v) is 4.22. The average molecular weight is 481 g/mol. The van der Waals surface area contributed by atoms with E-state index in [0.29, 0.717) is 34.4 Å². The summed E-state index contributed by atoms with van der Waals surface area (Å²) in [5.74, 6) is -0.615. The molecule has 1 aliphatic rings. The van der Waals surface area contributed by atoms with E-state index in [-0.39, 0.29) is 23.9 Å². The molecule has 5 rings (SSSR count). The van der Waals surface area contributed by atoms with Crippen LogP contribution in [0.25, 0.3) is 11.1 Å². The number of amides is 1. The van der Waals surface area contributed by atoms with Crippen LogP contribution in [0.3, 0.4) is 0 Å². The van der Waals surface area contributed by atoms with Gasteiger partial charge in [-0.2, -0.15) is 0 Å². The quantitative estimate of drug-likeness (QED) is 0.370. The molecule has 0 aliphatic carbocycles. The van der Waals surface area contributed by atoms with E-state index in [0.717, 1.165) is 16.8 Å². The Morgan fingerprint density at radius 1 is 1.03 bits per heavy atom. The molecule has 0 bridgehead atoms. The molecule has 36 heavy (non-hydrogen) atoms. The van der Waals surface area contributed by atoms with Gasteiger partial charge >= 0.3 is 0 Å². The number of pyridine rings is 2. The van der Waals surface area contributed by atoms with Crippen molar-refractivity contribution in [2.75, 3.05) is 0 Å². The Hall–Kier alpha value is -4.39. The van der Waals surface area contributed by atoms with Gasteiger partial charge in [0.15, 0.2) is 6.10 Å². The Morgan fingerprint density at radius 3 is 2.58 bits per heavy atom. The highest BCUT2D eigenvalue weighted by atomic mass is 19.1. The molecule has 2 aromatic heterocycles. The Balaban J connectivity index is 1.49. The van der Waals surface area contributed by atoms with Crippen LogP contribution in [-0.2, 0) is 4.84 Å². The van der Waals surface area contributed by atoms with Crippen molar-refractivity contribution in [1.82, 2.24) is 15.3 Å². The first-order chi connectivity index (χ1) is 17.5. The van der Waals surface area contributed by atoms with Crippen molar-refractivity contribution in [3.8, 4) is 11.1 Å². The van der Waals surface area contributed by atoms with Gasteiger partial charge < -0.3 is 10.2 Å². The second-order valence-corrected chi connectivity index (χ2v) is 8.85. The molecule has 4 aromatic rings. The fourth-order valence-electron chi connectivity index (χ4n) is 4.22. The first-order valence-corrected chi connectivity index (χ1v) is 11.7. The lowest BCUT2D eigenvalue weighted by Gasteiger charge is -2.16. The zero-order valence-electron chi connectivity index (χ0n) is 20.0. The third-order valence-corrected chi connectivity index (χ3v) is 6.20. The number of hydrogen-bond donors (Lipinski definition) is 1. The van der Waals surface area contributed by atoms with Crippen molar-refractivity contribution in [1.29, 1.82) is 0 Å². The number of carbonyl (C=O) groups excluding carboxylic acids is 1. The van der Waals surface area contributed by atoms with Crippen molar-refractivity contribution in [2.24, 2.45) is 5.16 Å². The zero-order valence-corrected chi connectivity index (χ0v) is 20.0. The third kappa shape index (κ3) is 5.00. The lowest BCUT2D eigenvalue weighted by molar-refractivity contribution is 0.0826. The van der Waals surface area contributed by atoms with Gasteiger partial charge in [0.05, 0.1) is 17.4 Å². The van der Waals surface area contributed by atoms with Crippen molar-refractivity contribution >= 4 is 11.6 Å². The van der Waals surface area contributed by atoms with Crippen LogP contribution in [0.15, 0.2) is 90.5 Å². The molecule has 1 aliphatic heterocycles. The number of nitrogens with one attached hydrogen (secondary N) is 1. The minimum Gasteiger partial charge on any atom is -0.385 e. The Labute approximate surface area is 208 Å². The average Bonchev–Trinajstić information content (AvgIpc) is 3.40. The maximum absolute atomic E-state index is 14.9. The van der Waals surface area contributed by atoms with Crippen LogP contribution in [0.4, 0.5) is 4.39 Å². The van der Waals surface area contributed by atoms with Gasteiger partial charge in [0.1, 0.15) is 5.82 Å². The number of halogens is 1. The molecule has 2 aromatic carbocycles. The Kier molecular flexibility index (Phi) is 6.54. The summed E-state index contributed by atoms with van der Waals surface area (Å²) in [5.41, 5.74) is 5.34. The Bertz CT molecular complexity index is 1420. The largest absolute Gasteiger partial charge is 0.385 e. The van der Waals surface area contributed by atoms with E-state index in [2.05, 4.69) is 20.4 Å². The normalized spacial score (nSPS) is 15.6. The van der Waals surface area contributed by atoms with E-state index >= 15 is 0 Å². The van der Waals surface area contributed by atoms with E-state index in [9.17, 15) is 9.18 Å². The second-order valence-electron chi connectivity index (χ2n) is 8.85. The maximum Gasteiger partial charge on any atom is 0.251 e. The minimum atomic E-state index is -0.348. The summed E-state index contributed by atoms with van der Waals surface area (Å²) in [7, 11) is 0. The molecule has 0 saturated heterocycles. The summed E-state index contributed by atoms with van der Waals surface area (Å²) >= 11 is 0. The number of benzene rings is 2. The maximum atomic E-state index is 14.9. The van der Waals surface area contributed by atoms with Crippen molar-refractivity contribution < 1.29 is 14.0 Å². The van der Waals surface area contributed by atoms with Crippen LogP contribution >= 0.6 is 0 Å². The molecule has 0 fully saturated rings. The highest BCUT2D eigenvalue weighted by Gasteiger charge is 2.26. The van der Waals surface area contributed by atoms with Crippen molar-refractivity contribution in [2.45, 2.75) is 32.4 Å². The van der Waals surface area contributed by atoms with Crippen LogP contribution in [0, 0.1) is 12.7 Å². The number of nitrogens with zero attached hydrogens (tertiary/aromatic N) is 3. The summed E-state index contributed by atoms with van der Waals surface area (Å²) in [6.45, 7) is 3.75. The van der Waals surface area contributed by atoms with Gasteiger partial charge in [0.25, 0.3) is 5.91 Å². The smallest absolute Gasteiger partial charge is 0.251 e. The van der Waals surface area contributed by atoms with Crippen LogP contribution in [0.2, 0.25) is 0 Å². The molecule has 180 valence electrons. The van der Waals surface area contributed by atoms with Crippen molar-refractivity contribution in [3.63, 3.8) is 0 Å². The number of aromatic nitrogens is 2. The summed E-state index contributed by atoms with van der Waals surface area (Å²) < 4.78 is 14.9. The standard InChI is InChI=1S/C29H25FN4O2/c1-18-6-7-24(25(30)13-18)21-14-22(27-17-28(36-34-27)26-5-3-4-10-32-26)16-23(15-21)29(35)33-19(2)20-8-11-31-12-9-20/h3-16,19,28H,17H2,1-2H3,(H,33,35). The summed E-state index contributed by atoms with van der Waals surface area (Å²) in [4.78, 5) is 27.4. The topological polar surface area (TPSA) is 76.5 Å². The SMILES string of the molecule is Cc1ccc(-c2cc(C(=O)NC(C)c3ccncc3)cc(C3=NOC(c4ccccn4)C3)c2)c(F)c1. The van der Waals surface area contributed by atoms with Gasteiger partial charge in [-0.15, -0.1) is 0 Å². The number of hydrogen-bond acceptors (Lipinski definition) is 5. The van der Waals surface area contributed by atoms with Crippen LogP contribution in [0.5, 0.6) is 0 Å². The van der Waals surface area contributed by atoms with Gasteiger partial charge in [0.2, 0.25) is 0 Å². The molecule has 1 N–H and O–H groups in total. The Morgan fingerprint density at radius 2 is 1.83 bits per heavy atom. The molecule has 2 unspecified atom stereocenters. The zero-order chi connectivity index (χ0) is 25.1.